The molecule has 0 aromatic rings. The SMILES string of the molecule is OC[C@H]1OC(O)[C@H](OC2CCCCC2)[C@H]1O. The summed E-state index contributed by atoms with van der Waals surface area (Å²) in [6.07, 6.45) is 2.01. The lowest BCUT2D eigenvalue weighted by Crippen LogP contribution is -2.39. The lowest BCUT2D eigenvalue weighted by Gasteiger charge is -2.27. The summed E-state index contributed by atoms with van der Waals surface area (Å²) in [5.41, 5.74) is 0. The van der Waals surface area contributed by atoms with Crippen molar-refractivity contribution < 1.29 is 24.8 Å². The van der Waals surface area contributed by atoms with E-state index in [9.17, 15) is 10.2 Å². The van der Waals surface area contributed by atoms with Crippen LogP contribution in [0.1, 0.15) is 32.1 Å². The number of aliphatic hydroxyl groups excluding tert-OH is 3. The van der Waals surface area contributed by atoms with E-state index in [0.29, 0.717) is 0 Å². The second-order valence-electron chi connectivity index (χ2n) is 4.60. The topological polar surface area (TPSA) is 79.2 Å². The maximum Gasteiger partial charge on any atom is 0.184 e. The summed E-state index contributed by atoms with van der Waals surface area (Å²) < 4.78 is 10.7. The van der Waals surface area contributed by atoms with Crippen LogP contribution >= 0.6 is 0 Å². The Morgan fingerprint density at radius 3 is 2.38 bits per heavy atom. The minimum atomic E-state index is -1.13. The van der Waals surface area contributed by atoms with E-state index in [1.54, 1.807) is 0 Å². The second kappa shape index (κ2) is 5.42. The maximum absolute atomic E-state index is 9.78. The highest BCUT2D eigenvalue weighted by Gasteiger charge is 2.44. The third-order valence-electron chi connectivity index (χ3n) is 3.39. The van der Waals surface area contributed by atoms with Gasteiger partial charge in [0.15, 0.2) is 6.29 Å². The van der Waals surface area contributed by atoms with Gasteiger partial charge in [0.05, 0.1) is 12.7 Å². The van der Waals surface area contributed by atoms with Gasteiger partial charge in [-0.1, -0.05) is 19.3 Å². The number of hydrogen-bond acceptors (Lipinski definition) is 5. The van der Waals surface area contributed by atoms with Gasteiger partial charge < -0.3 is 24.8 Å². The molecule has 4 atom stereocenters. The highest BCUT2D eigenvalue weighted by Crippen LogP contribution is 2.28. The van der Waals surface area contributed by atoms with Crippen LogP contribution in [-0.2, 0) is 9.47 Å². The Hall–Kier alpha value is -0.200. The number of ether oxygens (including phenoxy) is 2. The molecule has 5 nitrogen and oxygen atoms in total. The molecule has 2 fully saturated rings. The summed E-state index contributed by atoms with van der Waals surface area (Å²) in [4.78, 5) is 0. The summed E-state index contributed by atoms with van der Waals surface area (Å²) in [5.74, 6) is 0. The zero-order valence-corrected chi connectivity index (χ0v) is 9.29. The molecule has 0 aromatic heterocycles. The van der Waals surface area contributed by atoms with Gasteiger partial charge in [-0.05, 0) is 12.8 Å². The van der Waals surface area contributed by atoms with E-state index in [1.807, 2.05) is 0 Å². The van der Waals surface area contributed by atoms with Crippen LogP contribution in [0, 0.1) is 0 Å². The first-order chi connectivity index (χ1) is 7.72. The van der Waals surface area contributed by atoms with Gasteiger partial charge in [0.2, 0.25) is 0 Å². The van der Waals surface area contributed by atoms with Crippen molar-refractivity contribution in [1.29, 1.82) is 0 Å². The van der Waals surface area contributed by atoms with Gasteiger partial charge >= 0.3 is 0 Å². The predicted molar refractivity (Wildman–Crippen MR) is 55.7 cm³/mol. The Kier molecular flexibility index (Phi) is 4.16. The molecular weight excluding hydrogens is 212 g/mol. The quantitative estimate of drug-likeness (QED) is 0.626. The summed E-state index contributed by atoms with van der Waals surface area (Å²) in [6, 6.07) is 0. The molecule has 16 heavy (non-hydrogen) atoms. The van der Waals surface area contributed by atoms with Crippen LogP contribution < -0.4 is 0 Å². The normalized spacial score (nSPS) is 41.4. The lowest BCUT2D eigenvalue weighted by molar-refractivity contribution is -0.164. The zero-order valence-electron chi connectivity index (χ0n) is 9.29. The molecule has 0 bridgehead atoms. The summed E-state index contributed by atoms with van der Waals surface area (Å²) in [5, 5.41) is 28.3. The molecule has 0 radical (unpaired) electrons. The van der Waals surface area contributed by atoms with Crippen molar-refractivity contribution >= 4 is 0 Å². The summed E-state index contributed by atoms with van der Waals surface area (Å²) in [7, 11) is 0. The van der Waals surface area contributed by atoms with Gasteiger partial charge in [-0.3, -0.25) is 0 Å². The van der Waals surface area contributed by atoms with Gasteiger partial charge in [0, 0.05) is 0 Å². The highest BCUT2D eigenvalue weighted by atomic mass is 16.7. The van der Waals surface area contributed by atoms with Crippen molar-refractivity contribution in [3.63, 3.8) is 0 Å². The van der Waals surface area contributed by atoms with E-state index in [1.165, 1.54) is 6.42 Å². The van der Waals surface area contributed by atoms with E-state index in [0.717, 1.165) is 25.7 Å². The van der Waals surface area contributed by atoms with Crippen LogP contribution in [0.25, 0.3) is 0 Å². The lowest BCUT2D eigenvalue weighted by atomic mass is 9.97. The van der Waals surface area contributed by atoms with Crippen molar-refractivity contribution in [2.45, 2.75) is 62.8 Å². The molecule has 3 N–H and O–H groups in total. The third kappa shape index (κ3) is 2.55. The van der Waals surface area contributed by atoms with Gasteiger partial charge in [-0.2, -0.15) is 0 Å². The Labute approximate surface area is 95.0 Å². The smallest absolute Gasteiger partial charge is 0.184 e. The van der Waals surface area contributed by atoms with Crippen molar-refractivity contribution in [3.8, 4) is 0 Å². The largest absolute Gasteiger partial charge is 0.394 e. The van der Waals surface area contributed by atoms with Crippen LogP contribution in [0.3, 0.4) is 0 Å². The molecule has 1 aliphatic carbocycles. The molecule has 2 aliphatic rings. The molecule has 0 aromatic carbocycles. The van der Waals surface area contributed by atoms with Gasteiger partial charge in [0.1, 0.15) is 18.3 Å². The van der Waals surface area contributed by atoms with Crippen molar-refractivity contribution in [2.75, 3.05) is 6.61 Å². The fraction of sp³-hybridized carbons (Fsp3) is 1.00. The van der Waals surface area contributed by atoms with E-state index in [4.69, 9.17) is 14.6 Å². The minimum absolute atomic E-state index is 0.101. The van der Waals surface area contributed by atoms with E-state index < -0.39 is 24.6 Å². The molecule has 0 spiro atoms. The molecular formula is C11H20O5. The predicted octanol–water partition coefficient (Wildman–Crippen LogP) is -0.225. The molecule has 2 rings (SSSR count). The van der Waals surface area contributed by atoms with Crippen LogP contribution in [0.2, 0.25) is 0 Å². The average Bonchev–Trinajstić information content (AvgIpc) is 2.58. The fourth-order valence-electron chi connectivity index (χ4n) is 2.44. The molecule has 0 amide bonds. The van der Waals surface area contributed by atoms with Crippen LogP contribution in [0.4, 0.5) is 0 Å². The molecule has 5 heteroatoms. The Morgan fingerprint density at radius 2 is 1.81 bits per heavy atom. The summed E-state index contributed by atoms with van der Waals surface area (Å²) >= 11 is 0. The molecule has 1 saturated heterocycles. The van der Waals surface area contributed by atoms with Gasteiger partial charge in [-0.15, -0.1) is 0 Å². The first-order valence-corrected chi connectivity index (χ1v) is 6.00. The molecule has 1 aliphatic heterocycles. The standard InChI is InChI=1S/C11H20O5/c12-6-8-9(13)10(11(14)16-8)15-7-4-2-1-3-5-7/h7-14H,1-6H2/t8-,9+,10-,11?/m1/s1. The van der Waals surface area contributed by atoms with Crippen molar-refractivity contribution in [2.24, 2.45) is 0 Å². The number of hydrogen-bond donors (Lipinski definition) is 3. The Balaban J connectivity index is 1.88. The second-order valence-corrected chi connectivity index (χ2v) is 4.60. The maximum atomic E-state index is 9.78. The average molecular weight is 232 g/mol. The van der Waals surface area contributed by atoms with Gasteiger partial charge in [-0.25, -0.2) is 0 Å². The first-order valence-electron chi connectivity index (χ1n) is 6.00. The monoisotopic (exact) mass is 232 g/mol. The number of aliphatic hydroxyl groups is 3. The van der Waals surface area contributed by atoms with Crippen molar-refractivity contribution in [3.05, 3.63) is 0 Å². The molecule has 1 heterocycles. The minimum Gasteiger partial charge on any atom is -0.394 e. The first kappa shape index (κ1) is 12.3. The number of rotatable bonds is 3. The molecule has 1 saturated carbocycles. The Morgan fingerprint density at radius 1 is 1.12 bits per heavy atom. The van der Waals surface area contributed by atoms with Crippen LogP contribution in [0.5, 0.6) is 0 Å². The summed E-state index contributed by atoms with van der Waals surface area (Å²) in [6.45, 7) is -0.303. The fourth-order valence-corrected chi connectivity index (χ4v) is 2.44. The van der Waals surface area contributed by atoms with Crippen LogP contribution in [-0.4, -0.2) is 52.6 Å². The van der Waals surface area contributed by atoms with Crippen LogP contribution in [0.15, 0.2) is 0 Å². The van der Waals surface area contributed by atoms with E-state index in [-0.39, 0.29) is 12.7 Å². The van der Waals surface area contributed by atoms with E-state index >= 15 is 0 Å². The van der Waals surface area contributed by atoms with Crippen molar-refractivity contribution in [1.82, 2.24) is 0 Å². The Bertz CT molecular complexity index is 216. The molecule has 1 unspecified atom stereocenters. The van der Waals surface area contributed by atoms with E-state index in [2.05, 4.69) is 0 Å². The van der Waals surface area contributed by atoms with Gasteiger partial charge in [0.25, 0.3) is 0 Å². The third-order valence-corrected chi connectivity index (χ3v) is 3.39. The zero-order chi connectivity index (χ0) is 11.5. The molecule has 94 valence electrons. The highest BCUT2D eigenvalue weighted by molar-refractivity contribution is 4.87.